The lowest BCUT2D eigenvalue weighted by Crippen LogP contribution is -2.40. The molecule has 9 nitrogen and oxygen atoms in total. The van der Waals surface area contributed by atoms with Gasteiger partial charge in [-0.3, -0.25) is 9.59 Å². The molecule has 0 aliphatic heterocycles. The van der Waals surface area contributed by atoms with Crippen LogP contribution in [0, 0.1) is 0 Å². The lowest BCUT2D eigenvalue weighted by molar-refractivity contribution is -0.870. The molecule has 0 aromatic carbocycles. The summed E-state index contributed by atoms with van der Waals surface area (Å²) in [4.78, 5) is 37.8. The van der Waals surface area contributed by atoms with Crippen molar-refractivity contribution in [2.24, 2.45) is 0 Å². The highest BCUT2D eigenvalue weighted by atomic mass is 16.7. The first-order chi connectivity index (χ1) is 51.1. The molecule has 596 valence electrons. The van der Waals surface area contributed by atoms with Crippen LogP contribution in [0.2, 0.25) is 0 Å². The van der Waals surface area contributed by atoms with Gasteiger partial charge in [0.15, 0.2) is 6.10 Å². The number of hydrogen-bond donors (Lipinski definition) is 1. The van der Waals surface area contributed by atoms with Crippen LogP contribution < -0.4 is 0 Å². The van der Waals surface area contributed by atoms with Gasteiger partial charge in [0.25, 0.3) is 6.29 Å². The minimum absolute atomic E-state index is 0.177. The highest BCUT2D eigenvalue weighted by molar-refractivity contribution is 5.71. The zero-order chi connectivity index (χ0) is 75.3. The molecular formula is C95H164NO8+. The predicted octanol–water partition coefficient (Wildman–Crippen LogP) is 28.5. The summed E-state index contributed by atoms with van der Waals surface area (Å²) in [7, 11) is 5.97. The molecular weight excluding hydrogens is 1280 g/mol. The van der Waals surface area contributed by atoms with Gasteiger partial charge in [-0.1, -0.05) is 410 Å². The van der Waals surface area contributed by atoms with E-state index in [1.165, 1.54) is 225 Å². The summed E-state index contributed by atoms with van der Waals surface area (Å²) >= 11 is 0. The number of likely N-dealkylation sites (N-methyl/N-ethyl adjacent to an activating group) is 1. The van der Waals surface area contributed by atoms with E-state index in [-0.39, 0.29) is 32.2 Å². The number of carbonyl (C=O) groups excluding carboxylic acids is 2. The number of aliphatic carboxylic acids is 1. The SMILES string of the molecule is CC/C=C\C/C=C\C/C=C\C/C=C\C/C=C\C/C=C\C/C=C\C/C=C\C/C=C\C/C=C\C/C=C\C/C=C\CCCCCCC(=O)OC(COC(=O)CCCCCCCCCCCCCCCCCCCCCCCCCCCCCCCCCCCCCCCC)COC(OCC[N+](C)(C)C)C(=O)O. The molecule has 0 aromatic heterocycles. The number of quaternary nitrogens is 1. The number of unbranched alkanes of at least 4 members (excludes halogenated alkanes) is 41. The highest BCUT2D eigenvalue weighted by Gasteiger charge is 2.25. The van der Waals surface area contributed by atoms with E-state index in [9.17, 15) is 19.5 Å². The van der Waals surface area contributed by atoms with Crippen LogP contribution in [0.4, 0.5) is 0 Å². The maximum absolute atomic E-state index is 13.0. The second-order valence-corrected chi connectivity index (χ2v) is 30.1. The smallest absolute Gasteiger partial charge is 0.361 e. The molecule has 0 aromatic rings. The van der Waals surface area contributed by atoms with E-state index in [1.807, 2.05) is 21.1 Å². The number of esters is 2. The molecule has 2 unspecified atom stereocenters. The number of nitrogens with zero attached hydrogens (tertiary/aromatic N) is 1. The number of allylic oxidation sites excluding steroid dienone is 24. The van der Waals surface area contributed by atoms with E-state index in [0.717, 1.165) is 122 Å². The summed E-state index contributed by atoms with van der Waals surface area (Å²) in [5.74, 6) is -2.03. The first-order valence-corrected chi connectivity index (χ1v) is 43.5. The number of rotatable bonds is 80. The van der Waals surface area contributed by atoms with Gasteiger partial charge in [-0.05, 0) is 103 Å². The fraction of sp³-hybridized carbons (Fsp3) is 0.716. The summed E-state index contributed by atoms with van der Waals surface area (Å²) in [6, 6.07) is 0. The van der Waals surface area contributed by atoms with Crippen molar-refractivity contribution in [2.45, 2.75) is 392 Å². The van der Waals surface area contributed by atoms with Crippen molar-refractivity contribution in [3.8, 4) is 0 Å². The summed E-state index contributed by atoms with van der Waals surface area (Å²) in [6.07, 6.45) is 120. The van der Waals surface area contributed by atoms with Gasteiger partial charge >= 0.3 is 17.9 Å². The van der Waals surface area contributed by atoms with Gasteiger partial charge in [0.05, 0.1) is 34.4 Å². The Morgan fingerprint density at radius 1 is 0.298 bits per heavy atom. The molecule has 0 heterocycles. The molecule has 104 heavy (non-hydrogen) atoms. The average molecular weight is 1450 g/mol. The van der Waals surface area contributed by atoms with Gasteiger partial charge in [-0.25, -0.2) is 4.79 Å². The first kappa shape index (κ1) is 99.2. The van der Waals surface area contributed by atoms with Gasteiger partial charge in [0.1, 0.15) is 13.2 Å². The Bertz CT molecular complexity index is 2230. The first-order valence-electron chi connectivity index (χ1n) is 43.5. The van der Waals surface area contributed by atoms with E-state index in [2.05, 4.69) is 160 Å². The van der Waals surface area contributed by atoms with E-state index < -0.39 is 24.3 Å². The highest BCUT2D eigenvalue weighted by Crippen LogP contribution is 2.19. The molecule has 0 spiro atoms. The Morgan fingerprint density at radius 2 is 0.548 bits per heavy atom. The Balaban J connectivity index is 4.07. The Hall–Kier alpha value is -4.83. The Kier molecular flexibility index (Phi) is 79.9. The number of hydrogen-bond acceptors (Lipinski definition) is 7. The van der Waals surface area contributed by atoms with Crippen LogP contribution >= 0.6 is 0 Å². The topological polar surface area (TPSA) is 108 Å². The van der Waals surface area contributed by atoms with Crippen LogP contribution in [0.1, 0.15) is 380 Å². The summed E-state index contributed by atoms with van der Waals surface area (Å²) in [5, 5.41) is 9.78. The zero-order valence-electron chi connectivity index (χ0n) is 68.4. The fourth-order valence-corrected chi connectivity index (χ4v) is 12.3. The van der Waals surface area contributed by atoms with E-state index in [4.69, 9.17) is 18.9 Å². The van der Waals surface area contributed by atoms with Crippen molar-refractivity contribution < 1.29 is 42.9 Å². The molecule has 0 rings (SSSR count). The molecule has 0 bridgehead atoms. The quantitative estimate of drug-likeness (QED) is 0.0211. The third kappa shape index (κ3) is 84.4. The molecule has 0 aliphatic rings. The minimum atomic E-state index is -1.53. The van der Waals surface area contributed by atoms with Crippen LogP contribution in [-0.4, -0.2) is 87.4 Å². The summed E-state index contributed by atoms with van der Waals surface area (Å²) in [5.41, 5.74) is 0. The molecule has 0 amide bonds. The van der Waals surface area contributed by atoms with Crippen molar-refractivity contribution in [3.63, 3.8) is 0 Å². The summed E-state index contributed by atoms with van der Waals surface area (Å²) in [6.45, 7) is 4.77. The predicted molar refractivity (Wildman–Crippen MR) is 451 cm³/mol. The second-order valence-electron chi connectivity index (χ2n) is 30.1. The van der Waals surface area contributed by atoms with Crippen molar-refractivity contribution in [3.05, 3.63) is 146 Å². The van der Waals surface area contributed by atoms with E-state index in [0.29, 0.717) is 23.9 Å². The number of carboxylic acid groups (broad SMARTS) is 1. The van der Waals surface area contributed by atoms with Crippen LogP contribution in [0.15, 0.2) is 146 Å². The molecule has 0 radical (unpaired) electrons. The normalized spacial score (nSPS) is 13.4. The molecule has 2 atom stereocenters. The third-order valence-electron chi connectivity index (χ3n) is 18.9. The average Bonchev–Trinajstić information content (AvgIpc) is 0.971. The Labute approximate surface area is 642 Å². The van der Waals surface area contributed by atoms with E-state index >= 15 is 0 Å². The second kappa shape index (κ2) is 83.8. The van der Waals surface area contributed by atoms with Crippen molar-refractivity contribution in [2.75, 3.05) is 47.5 Å². The van der Waals surface area contributed by atoms with Gasteiger partial charge in [-0.15, -0.1) is 0 Å². The molecule has 0 saturated carbocycles. The number of carboxylic acids is 1. The van der Waals surface area contributed by atoms with Gasteiger partial charge in [0.2, 0.25) is 0 Å². The largest absolute Gasteiger partial charge is 0.477 e. The monoisotopic (exact) mass is 1450 g/mol. The number of carbonyl (C=O) groups is 3. The Morgan fingerprint density at radius 3 is 0.817 bits per heavy atom. The lowest BCUT2D eigenvalue weighted by atomic mass is 10.0. The van der Waals surface area contributed by atoms with E-state index in [1.54, 1.807) is 0 Å². The van der Waals surface area contributed by atoms with Gasteiger partial charge in [-0.2, -0.15) is 0 Å². The minimum Gasteiger partial charge on any atom is -0.477 e. The van der Waals surface area contributed by atoms with Crippen LogP contribution in [-0.2, 0) is 33.3 Å². The molecule has 0 saturated heterocycles. The third-order valence-corrected chi connectivity index (χ3v) is 18.9. The van der Waals surface area contributed by atoms with Crippen molar-refractivity contribution in [1.82, 2.24) is 0 Å². The molecule has 0 aliphatic carbocycles. The molecule has 1 N–H and O–H groups in total. The number of ether oxygens (including phenoxy) is 4. The van der Waals surface area contributed by atoms with Crippen LogP contribution in [0.5, 0.6) is 0 Å². The lowest BCUT2D eigenvalue weighted by Gasteiger charge is -2.25. The summed E-state index contributed by atoms with van der Waals surface area (Å²) < 4.78 is 23.0. The fourth-order valence-electron chi connectivity index (χ4n) is 12.3. The van der Waals surface area contributed by atoms with Crippen molar-refractivity contribution >= 4 is 17.9 Å². The molecule has 9 heteroatoms. The van der Waals surface area contributed by atoms with Crippen LogP contribution in [0.25, 0.3) is 0 Å². The standard InChI is InChI=1S/C95H163NO8/c1-6-8-10-12-14-16-18-20-22-24-26-28-30-32-34-36-38-40-42-44-46-47-48-50-52-54-56-58-60-62-64-66-68-70-72-74-76-78-80-82-84-86-93(98)104-91(90-103-95(94(99)100)101-88-87-96(3,4)5)89-102-92(97)85-83-81-79-77-75-73-71-69-67-65-63-61-59-57-55-53-51-49-45-43-41-39-37-35-33-31-29-27-25-23-21-19-17-15-13-11-9-7-2/h8,10,14,16,20,22,26,28,32,34,38,40,44,46,48,50,54,56,60,62,66,68,72,74,91,95H,6-7,9,11-13,15,17-19,21,23-25,27,29-31,33,35-37,39,41-43,45,47,49,51-53,55,57-59,61,63-65,67,69-71,73,75-90H2,1-5H3/p+1/b10-8-,16-14-,22-20-,28-26-,34-32-,40-38-,46-44-,50-48-,56-54-,62-60-,68-66-,74-72-. The van der Waals surface area contributed by atoms with Gasteiger partial charge < -0.3 is 28.5 Å². The maximum atomic E-state index is 13.0. The maximum Gasteiger partial charge on any atom is 0.361 e. The van der Waals surface area contributed by atoms with Crippen LogP contribution in [0.3, 0.4) is 0 Å². The zero-order valence-corrected chi connectivity index (χ0v) is 68.4. The molecule has 0 fully saturated rings. The van der Waals surface area contributed by atoms with Crippen molar-refractivity contribution in [1.29, 1.82) is 0 Å². The van der Waals surface area contributed by atoms with Gasteiger partial charge in [0, 0.05) is 12.8 Å².